The standard InChI is InChI=1S/C32H27ClF3NO5S/c1-41-30(39)31(40,32(34,35)36)26-12-5-6-13-28(26)37-29(38)17-15-22-14-16-25(19-27(22)33)43-24-11-7-10-23(18-24)42-20-21-8-3-2-4-9-21/h2-14,16,18-19,40H,15,17,20H2,1H3,(H,37,38). The van der Waals surface area contributed by atoms with Gasteiger partial charge < -0.3 is 19.9 Å². The van der Waals surface area contributed by atoms with E-state index in [1.54, 1.807) is 12.1 Å². The first kappa shape index (κ1) is 31.9. The average Bonchev–Trinajstić information content (AvgIpc) is 2.99. The van der Waals surface area contributed by atoms with Crippen LogP contribution in [0.2, 0.25) is 5.02 Å². The minimum Gasteiger partial charge on any atom is -0.489 e. The topological polar surface area (TPSA) is 84.9 Å². The number of alkyl halides is 3. The summed E-state index contributed by atoms with van der Waals surface area (Å²) in [5.74, 6) is -1.83. The number of anilines is 1. The molecule has 1 amide bonds. The summed E-state index contributed by atoms with van der Waals surface area (Å²) in [7, 11) is 0.729. The predicted octanol–water partition coefficient (Wildman–Crippen LogP) is 7.56. The Morgan fingerprint density at radius 1 is 0.907 bits per heavy atom. The number of nitrogens with one attached hydrogen (secondary N) is 1. The maximum atomic E-state index is 13.8. The highest BCUT2D eigenvalue weighted by Gasteiger charge is 2.63. The Labute approximate surface area is 255 Å². The van der Waals surface area contributed by atoms with Gasteiger partial charge in [0.1, 0.15) is 12.4 Å². The number of hydrogen-bond donors (Lipinski definition) is 2. The number of halogens is 4. The number of hydrogen-bond acceptors (Lipinski definition) is 6. The average molecular weight is 630 g/mol. The van der Waals surface area contributed by atoms with E-state index in [9.17, 15) is 27.9 Å². The van der Waals surface area contributed by atoms with Crippen LogP contribution in [0.5, 0.6) is 5.75 Å². The monoisotopic (exact) mass is 629 g/mol. The van der Waals surface area contributed by atoms with Gasteiger partial charge in [-0.25, -0.2) is 4.79 Å². The van der Waals surface area contributed by atoms with E-state index in [-0.39, 0.29) is 18.5 Å². The SMILES string of the molecule is COC(=O)C(O)(c1ccccc1NC(=O)CCc1ccc(Sc2cccc(OCc3ccccc3)c2)cc1Cl)C(F)(F)F. The van der Waals surface area contributed by atoms with Crippen molar-refractivity contribution in [2.45, 2.75) is 41.0 Å². The third kappa shape index (κ3) is 7.90. The molecule has 4 aromatic rings. The van der Waals surface area contributed by atoms with Gasteiger partial charge in [0.2, 0.25) is 5.91 Å². The Kier molecular flexibility index (Phi) is 10.4. The van der Waals surface area contributed by atoms with E-state index < -0.39 is 29.2 Å². The van der Waals surface area contributed by atoms with Crippen LogP contribution in [-0.2, 0) is 33.0 Å². The predicted molar refractivity (Wildman–Crippen MR) is 158 cm³/mol. The first-order valence-corrected chi connectivity index (χ1v) is 14.2. The summed E-state index contributed by atoms with van der Waals surface area (Å²) < 4.78 is 51.4. The minimum absolute atomic E-state index is 0.121. The van der Waals surface area contributed by atoms with Gasteiger partial charge >= 0.3 is 12.1 Å². The fourth-order valence-corrected chi connectivity index (χ4v) is 5.44. The van der Waals surface area contributed by atoms with Crippen molar-refractivity contribution < 1.29 is 37.3 Å². The van der Waals surface area contributed by atoms with Gasteiger partial charge in [0.25, 0.3) is 5.60 Å². The molecule has 1 unspecified atom stereocenters. The van der Waals surface area contributed by atoms with Gasteiger partial charge in [-0.2, -0.15) is 13.2 Å². The lowest BCUT2D eigenvalue weighted by Crippen LogP contribution is -2.50. The number of aryl methyl sites for hydroxylation is 1. The summed E-state index contributed by atoms with van der Waals surface area (Å²) in [5, 5.41) is 13.2. The molecule has 0 aromatic heterocycles. The van der Waals surface area contributed by atoms with E-state index in [1.807, 2.05) is 60.7 Å². The minimum atomic E-state index is -5.40. The number of benzene rings is 4. The lowest BCUT2D eigenvalue weighted by Gasteiger charge is -2.29. The van der Waals surface area contributed by atoms with Crippen molar-refractivity contribution in [2.75, 3.05) is 12.4 Å². The van der Waals surface area contributed by atoms with Gasteiger partial charge in [-0.1, -0.05) is 84.0 Å². The third-order valence-electron chi connectivity index (χ3n) is 6.42. The van der Waals surface area contributed by atoms with Crippen LogP contribution < -0.4 is 10.1 Å². The molecule has 1 atom stereocenters. The molecule has 0 heterocycles. The van der Waals surface area contributed by atoms with Crippen LogP contribution in [0.15, 0.2) is 107 Å². The molecule has 4 rings (SSSR count). The molecule has 0 aliphatic carbocycles. The second-order valence-electron chi connectivity index (χ2n) is 9.40. The molecule has 0 saturated heterocycles. The van der Waals surface area contributed by atoms with Gasteiger partial charge in [-0.15, -0.1) is 0 Å². The number of amides is 1. The number of aliphatic hydroxyl groups is 1. The summed E-state index contributed by atoms with van der Waals surface area (Å²) in [5.41, 5.74) is -3.46. The number of esters is 1. The van der Waals surface area contributed by atoms with E-state index in [0.29, 0.717) is 17.2 Å². The summed E-state index contributed by atoms with van der Waals surface area (Å²) in [6, 6.07) is 27.5. The maximum absolute atomic E-state index is 13.8. The zero-order valence-corrected chi connectivity index (χ0v) is 24.4. The molecule has 2 N–H and O–H groups in total. The molecule has 0 saturated carbocycles. The van der Waals surface area contributed by atoms with Gasteiger partial charge in [0.05, 0.1) is 7.11 Å². The Balaban J connectivity index is 1.38. The number of methoxy groups -OCH3 is 1. The van der Waals surface area contributed by atoms with Crippen molar-refractivity contribution in [3.05, 3.63) is 119 Å². The molecule has 0 spiro atoms. The summed E-state index contributed by atoms with van der Waals surface area (Å²) in [4.78, 5) is 26.5. The van der Waals surface area contributed by atoms with E-state index in [1.165, 1.54) is 23.9 Å². The second kappa shape index (κ2) is 14.0. The second-order valence-corrected chi connectivity index (χ2v) is 11.0. The number of rotatable bonds is 11. The first-order chi connectivity index (χ1) is 20.5. The number of carbonyl (C=O) groups is 2. The normalized spacial score (nSPS) is 12.7. The molecular weight excluding hydrogens is 603 g/mol. The zero-order valence-electron chi connectivity index (χ0n) is 22.9. The number of ether oxygens (including phenoxy) is 2. The van der Waals surface area contributed by atoms with Gasteiger partial charge in [-0.05, 0) is 53.9 Å². The van der Waals surface area contributed by atoms with Crippen LogP contribution in [0.4, 0.5) is 18.9 Å². The van der Waals surface area contributed by atoms with Crippen LogP contribution in [0, 0.1) is 0 Å². The molecular formula is C32H27ClF3NO5S. The molecule has 0 fully saturated rings. The lowest BCUT2D eigenvalue weighted by atomic mass is 9.91. The van der Waals surface area contributed by atoms with E-state index in [4.69, 9.17) is 16.3 Å². The molecule has 0 aliphatic rings. The maximum Gasteiger partial charge on any atom is 0.432 e. The zero-order chi connectivity index (χ0) is 31.0. The smallest absolute Gasteiger partial charge is 0.432 e. The van der Waals surface area contributed by atoms with Crippen molar-refractivity contribution in [3.63, 3.8) is 0 Å². The van der Waals surface area contributed by atoms with E-state index in [0.717, 1.165) is 40.3 Å². The van der Waals surface area contributed by atoms with E-state index >= 15 is 0 Å². The number of carbonyl (C=O) groups excluding carboxylic acids is 2. The highest BCUT2D eigenvalue weighted by molar-refractivity contribution is 7.99. The summed E-state index contributed by atoms with van der Waals surface area (Å²) >= 11 is 7.98. The van der Waals surface area contributed by atoms with Crippen molar-refractivity contribution in [1.82, 2.24) is 0 Å². The van der Waals surface area contributed by atoms with Crippen LogP contribution >= 0.6 is 23.4 Å². The highest BCUT2D eigenvalue weighted by atomic mass is 35.5. The summed E-state index contributed by atoms with van der Waals surface area (Å²) in [6.07, 6.45) is -5.32. The Hall–Kier alpha value is -3.99. The van der Waals surface area contributed by atoms with Crippen molar-refractivity contribution in [3.8, 4) is 5.75 Å². The fraction of sp³-hybridized carbons (Fsp3) is 0.188. The molecule has 0 bridgehead atoms. The molecule has 224 valence electrons. The van der Waals surface area contributed by atoms with Crippen molar-refractivity contribution in [2.24, 2.45) is 0 Å². The lowest BCUT2D eigenvalue weighted by molar-refractivity contribution is -0.266. The molecule has 4 aromatic carbocycles. The van der Waals surface area contributed by atoms with Crippen molar-refractivity contribution >= 4 is 40.9 Å². The van der Waals surface area contributed by atoms with Crippen LogP contribution in [0.25, 0.3) is 0 Å². The molecule has 0 aliphatic heterocycles. The molecule has 11 heteroatoms. The van der Waals surface area contributed by atoms with Crippen LogP contribution in [0.3, 0.4) is 0 Å². The van der Waals surface area contributed by atoms with Gasteiger partial charge in [0.15, 0.2) is 0 Å². The fourth-order valence-electron chi connectivity index (χ4n) is 4.19. The summed E-state index contributed by atoms with van der Waals surface area (Å²) in [6.45, 7) is 0.448. The highest BCUT2D eigenvalue weighted by Crippen LogP contribution is 2.43. The quantitative estimate of drug-likeness (QED) is 0.167. The Morgan fingerprint density at radius 3 is 2.30 bits per heavy atom. The largest absolute Gasteiger partial charge is 0.489 e. The first-order valence-electron chi connectivity index (χ1n) is 13.0. The van der Waals surface area contributed by atoms with Crippen LogP contribution in [-0.4, -0.2) is 30.3 Å². The molecule has 43 heavy (non-hydrogen) atoms. The van der Waals surface area contributed by atoms with Gasteiger partial charge in [-0.3, -0.25) is 4.79 Å². The van der Waals surface area contributed by atoms with Crippen molar-refractivity contribution in [1.29, 1.82) is 0 Å². The third-order valence-corrected chi connectivity index (χ3v) is 7.75. The van der Waals surface area contributed by atoms with E-state index in [2.05, 4.69) is 10.1 Å². The Morgan fingerprint density at radius 2 is 1.60 bits per heavy atom. The molecule has 0 radical (unpaired) electrons. The van der Waals surface area contributed by atoms with Crippen LogP contribution in [0.1, 0.15) is 23.1 Å². The van der Waals surface area contributed by atoms with Gasteiger partial charge in [0, 0.05) is 32.5 Å². The Bertz CT molecular complexity index is 1590. The molecule has 6 nitrogen and oxygen atoms in total. The number of para-hydroxylation sites is 1.